The van der Waals surface area contributed by atoms with Crippen molar-refractivity contribution in [3.63, 3.8) is 0 Å². The minimum Gasteiger partial charge on any atom is -0.433 e. The molecule has 150 valence electrons. The Labute approximate surface area is 149 Å². The normalized spacial score (nSPS) is 23.6. The van der Waals surface area contributed by atoms with Gasteiger partial charge >= 0.3 is 6.61 Å². The smallest absolute Gasteiger partial charge is 0.387 e. The van der Waals surface area contributed by atoms with E-state index in [-0.39, 0.29) is 12.8 Å². The first-order valence-corrected chi connectivity index (χ1v) is 8.20. The van der Waals surface area contributed by atoms with Crippen LogP contribution in [0.5, 0.6) is 5.75 Å². The Morgan fingerprint density at radius 3 is 2.41 bits per heavy atom. The number of aliphatic hydroxyl groups is 1. The lowest BCUT2D eigenvalue weighted by Crippen LogP contribution is -2.52. The fourth-order valence-electron chi connectivity index (χ4n) is 3.87. The maximum absolute atomic E-state index is 14.1. The number of hydrogen-bond acceptors (Lipinski definition) is 4. The number of nitrogens with zero attached hydrogens (tertiary/aromatic N) is 2. The molecule has 2 heterocycles. The monoisotopic (exact) mass is 398 g/mol. The summed E-state index contributed by atoms with van der Waals surface area (Å²) in [4.78, 5) is 16.9. The van der Waals surface area contributed by atoms with Crippen LogP contribution in [0.2, 0.25) is 0 Å². The predicted molar refractivity (Wildman–Crippen MR) is 79.0 cm³/mol. The number of amides is 1. The number of aliphatic hydroxyl groups excluding tert-OH is 1. The molecule has 1 aliphatic carbocycles. The highest BCUT2D eigenvalue weighted by atomic mass is 19.3. The van der Waals surface area contributed by atoms with E-state index in [1.165, 1.54) is 0 Å². The molecule has 0 aromatic carbocycles. The van der Waals surface area contributed by atoms with Crippen LogP contribution in [0.4, 0.5) is 26.3 Å². The summed E-state index contributed by atoms with van der Waals surface area (Å²) in [6, 6.07) is 1.58. The molecule has 2 aliphatic rings. The molecule has 0 bridgehead atoms. The van der Waals surface area contributed by atoms with Gasteiger partial charge in [0.2, 0.25) is 0 Å². The Morgan fingerprint density at radius 2 is 1.85 bits per heavy atom. The molecule has 1 aliphatic heterocycles. The van der Waals surface area contributed by atoms with Crippen LogP contribution in [0.15, 0.2) is 12.1 Å². The number of pyridine rings is 1. The van der Waals surface area contributed by atoms with Gasteiger partial charge in [0.15, 0.2) is 5.75 Å². The Kier molecular flexibility index (Phi) is 5.00. The second kappa shape index (κ2) is 6.84. The quantitative estimate of drug-likeness (QED) is 0.790. The molecule has 1 aromatic rings. The highest BCUT2D eigenvalue weighted by Gasteiger charge is 2.64. The number of ether oxygens (including phenoxy) is 1. The largest absolute Gasteiger partial charge is 0.433 e. The minimum absolute atomic E-state index is 0.143. The summed E-state index contributed by atoms with van der Waals surface area (Å²) in [6.45, 7) is -4.45. The van der Waals surface area contributed by atoms with Gasteiger partial charge in [-0.3, -0.25) is 4.79 Å². The highest BCUT2D eigenvalue weighted by Crippen LogP contribution is 2.49. The molecule has 1 spiro atoms. The van der Waals surface area contributed by atoms with Gasteiger partial charge in [-0.2, -0.15) is 8.78 Å². The van der Waals surface area contributed by atoms with E-state index in [9.17, 15) is 36.2 Å². The molecule has 1 unspecified atom stereocenters. The van der Waals surface area contributed by atoms with Gasteiger partial charge < -0.3 is 14.7 Å². The van der Waals surface area contributed by atoms with E-state index in [1.807, 2.05) is 0 Å². The molecule has 1 atom stereocenters. The average Bonchev–Trinajstić information content (AvgIpc) is 3.15. The summed E-state index contributed by atoms with van der Waals surface area (Å²) in [5, 5.41) is 10.1. The first-order valence-electron chi connectivity index (χ1n) is 8.20. The first kappa shape index (κ1) is 19.7. The SMILES string of the molecule is O=C(c1ccc(OC(F)F)c(C(F)F)n1)N1CC(F)(F)C(O)C12CCCC2. The Hall–Kier alpha value is -2.04. The van der Waals surface area contributed by atoms with Crippen LogP contribution in [0.25, 0.3) is 0 Å². The topological polar surface area (TPSA) is 62.7 Å². The predicted octanol–water partition coefficient (Wildman–Crippen LogP) is 3.39. The van der Waals surface area contributed by atoms with Gasteiger partial charge in [0.1, 0.15) is 17.5 Å². The van der Waals surface area contributed by atoms with Crippen LogP contribution >= 0.6 is 0 Å². The molecule has 3 rings (SSSR count). The van der Waals surface area contributed by atoms with E-state index in [0.29, 0.717) is 12.8 Å². The number of likely N-dealkylation sites (tertiary alicyclic amines) is 1. The second-order valence-corrected chi connectivity index (χ2v) is 6.62. The summed E-state index contributed by atoms with van der Waals surface area (Å²) >= 11 is 0. The van der Waals surface area contributed by atoms with E-state index in [2.05, 4.69) is 9.72 Å². The van der Waals surface area contributed by atoms with Crippen molar-refractivity contribution in [2.45, 2.75) is 56.3 Å². The first-order chi connectivity index (χ1) is 12.6. The molecule has 2 fully saturated rings. The number of carbonyl (C=O) groups is 1. The zero-order valence-corrected chi connectivity index (χ0v) is 13.8. The number of alkyl halides is 6. The Morgan fingerprint density at radius 1 is 1.22 bits per heavy atom. The molecule has 1 aromatic heterocycles. The van der Waals surface area contributed by atoms with Gasteiger partial charge in [-0.25, -0.2) is 22.5 Å². The number of halogens is 6. The zero-order chi connectivity index (χ0) is 20.0. The van der Waals surface area contributed by atoms with Gasteiger partial charge in [0.25, 0.3) is 18.3 Å². The lowest BCUT2D eigenvalue weighted by atomic mass is 9.90. The van der Waals surface area contributed by atoms with Crippen molar-refractivity contribution < 1.29 is 41.0 Å². The minimum atomic E-state index is -3.55. The fraction of sp³-hybridized carbons (Fsp3) is 0.625. The maximum atomic E-state index is 14.1. The molecule has 1 saturated carbocycles. The maximum Gasteiger partial charge on any atom is 0.387 e. The Bertz CT molecular complexity index is 724. The van der Waals surface area contributed by atoms with E-state index >= 15 is 0 Å². The van der Waals surface area contributed by atoms with Gasteiger partial charge in [-0.1, -0.05) is 12.8 Å². The third kappa shape index (κ3) is 3.32. The van der Waals surface area contributed by atoms with Crippen LogP contribution in [-0.2, 0) is 0 Å². The molecule has 1 N–H and O–H groups in total. The number of aromatic nitrogens is 1. The molecule has 11 heteroatoms. The molecular formula is C16H16F6N2O3. The van der Waals surface area contributed by atoms with E-state index < -0.39 is 60.2 Å². The van der Waals surface area contributed by atoms with Crippen LogP contribution in [0.1, 0.15) is 48.3 Å². The second-order valence-electron chi connectivity index (χ2n) is 6.62. The van der Waals surface area contributed by atoms with Crippen molar-refractivity contribution in [1.29, 1.82) is 0 Å². The van der Waals surface area contributed by atoms with Crippen molar-refractivity contribution in [3.8, 4) is 5.75 Å². The number of carbonyl (C=O) groups excluding carboxylic acids is 1. The molecule has 0 radical (unpaired) electrons. The average molecular weight is 398 g/mol. The molecule has 1 saturated heterocycles. The van der Waals surface area contributed by atoms with Crippen LogP contribution < -0.4 is 4.74 Å². The summed E-state index contributed by atoms with van der Waals surface area (Å²) < 4.78 is 83.0. The lowest BCUT2D eigenvalue weighted by molar-refractivity contribution is -0.0959. The van der Waals surface area contributed by atoms with Crippen LogP contribution in [0.3, 0.4) is 0 Å². The van der Waals surface area contributed by atoms with Crippen molar-refractivity contribution in [2.24, 2.45) is 0 Å². The third-order valence-electron chi connectivity index (χ3n) is 5.06. The lowest BCUT2D eigenvalue weighted by Gasteiger charge is -2.36. The molecule has 5 nitrogen and oxygen atoms in total. The third-order valence-corrected chi connectivity index (χ3v) is 5.06. The molecule has 1 amide bonds. The van der Waals surface area contributed by atoms with E-state index in [1.54, 1.807) is 0 Å². The molecule has 27 heavy (non-hydrogen) atoms. The van der Waals surface area contributed by atoms with Gasteiger partial charge in [0.05, 0.1) is 12.1 Å². The number of rotatable bonds is 4. The zero-order valence-electron chi connectivity index (χ0n) is 13.8. The molecular weight excluding hydrogens is 382 g/mol. The van der Waals surface area contributed by atoms with Crippen molar-refractivity contribution in [3.05, 3.63) is 23.5 Å². The summed E-state index contributed by atoms with van der Waals surface area (Å²) in [5.41, 5.74) is -3.29. The van der Waals surface area contributed by atoms with Gasteiger partial charge in [-0.15, -0.1) is 0 Å². The van der Waals surface area contributed by atoms with Crippen molar-refractivity contribution in [2.75, 3.05) is 6.54 Å². The summed E-state index contributed by atoms with van der Waals surface area (Å²) in [6.07, 6.45) is -4.07. The number of hydrogen-bond donors (Lipinski definition) is 1. The van der Waals surface area contributed by atoms with E-state index in [0.717, 1.165) is 17.0 Å². The van der Waals surface area contributed by atoms with Crippen molar-refractivity contribution >= 4 is 5.91 Å². The Balaban J connectivity index is 1.96. The van der Waals surface area contributed by atoms with Crippen LogP contribution in [-0.4, -0.2) is 51.6 Å². The summed E-state index contributed by atoms with van der Waals surface area (Å²) in [7, 11) is 0. The standard InChI is InChI=1S/C16H16F6N2O3/c17-11(18)10-9(27-14(19)20)4-3-8(23-10)12(25)24-7-16(21,22)13(26)15(24)5-1-2-6-15/h3-4,11,13-14,26H,1-2,5-7H2. The van der Waals surface area contributed by atoms with Gasteiger partial charge in [0, 0.05) is 0 Å². The van der Waals surface area contributed by atoms with Gasteiger partial charge in [-0.05, 0) is 25.0 Å². The van der Waals surface area contributed by atoms with E-state index in [4.69, 9.17) is 0 Å². The van der Waals surface area contributed by atoms with Crippen molar-refractivity contribution in [1.82, 2.24) is 9.88 Å². The fourth-order valence-corrected chi connectivity index (χ4v) is 3.87. The highest BCUT2D eigenvalue weighted by molar-refractivity contribution is 5.93. The van der Waals surface area contributed by atoms with Crippen LogP contribution in [0, 0.1) is 0 Å². The summed E-state index contributed by atoms with van der Waals surface area (Å²) in [5.74, 6) is -5.53.